The molecule has 1 heterocycles. The van der Waals surface area contributed by atoms with Crippen molar-refractivity contribution in [3.8, 4) is 6.07 Å². The molecule has 1 aliphatic rings. The second-order valence-corrected chi connectivity index (χ2v) is 6.08. The van der Waals surface area contributed by atoms with Crippen LogP contribution in [0.3, 0.4) is 0 Å². The Labute approximate surface area is 112 Å². The van der Waals surface area contributed by atoms with E-state index in [1.165, 1.54) is 12.8 Å². The summed E-state index contributed by atoms with van der Waals surface area (Å²) in [6.45, 7) is 3.89. The number of hydrogen-bond acceptors (Lipinski definition) is 5. The van der Waals surface area contributed by atoms with Gasteiger partial charge in [0.05, 0.1) is 6.07 Å². The Morgan fingerprint density at radius 2 is 2.39 bits per heavy atom. The lowest BCUT2D eigenvalue weighted by Gasteiger charge is -2.22. The molecule has 0 aliphatic heterocycles. The molecule has 0 spiro atoms. The maximum absolute atomic E-state index is 9.23. The van der Waals surface area contributed by atoms with Gasteiger partial charge < -0.3 is 0 Å². The molecule has 1 unspecified atom stereocenters. The summed E-state index contributed by atoms with van der Waals surface area (Å²) < 4.78 is 0. The van der Waals surface area contributed by atoms with Crippen molar-refractivity contribution < 1.29 is 0 Å². The Morgan fingerprint density at radius 1 is 1.61 bits per heavy atom. The van der Waals surface area contributed by atoms with E-state index in [9.17, 15) is 5.26 Å². The van der Waals surface area contributed by atoms with E-state index in [0.29, 0.717) is 6.04 Å². The van der Waals surface area contributed by atoms with Crippen LogP contribution in [0.5, 0.6) is 0 Å². The van der Waals surface area contributed by atoms with Gasteiger partial charge >= 0.3 is 0 Å². The summed E-state index contributed by atoms with van der Waals surface area (Å²) in [5.41, 5.74) is -0.378. The van der Waals surface area contributed by atoms with E-state index < -0.39 is 0 Å². The molecule has 0 saturated heterocycles. The molecule has 1 atom stereocenters. The number of nitrogens with zero attached hydrogens (tertiary/aromatic N) is 3. The SMILES string of the molecule is Cc1nc(SCCCC(C)(C#N)NC2CC2)n[nH]1. The molecule has 98 valence electrons. The van der Waals surface area contributed by atoms with Gasteiger partial charge in [0, 0.05) is 11.8 Å². The molecule has 0 radical (unpaired) electrons. The van der Waals surface area contributed by atoms with Crippen molar-refractivity contribution in [2.24, 2.45) is 0 Å². The van der Waals surface area contributed by atoms with Gasteiger partial charge in [0.25, 0.3) is 0 Å². The van der Waals surface area contributed by atoms with E-state index in [1.54, 1.807) is 11.8 Å². The van der Waals surface area contributed by atoms with Crippen molar-refractivity contribution in [1.82, 2.24) is 20.5 Å². The van der Waals surface area contributed by atoms with E-state index in [-0.39, 0.29) is 5.54 Å². The zero-order valence-corrected chi connectivity index (χ0v) is 11.7. The molecule has 0 aromatic carbocycles. The lowest BCUT2D eigenvalue weighted by Crippen LogP contribution is -2.42. The number of aromatic amines is 1. The number of H-pyrrole nitrogens is 1. The third kappa shape index (κ3) is 4.00. The largest absolute Gasteiger partial charge is 0.297 e. The quantitative estimate of drug-likeness (QED) is 0.582. The Morgan fingerprint density at radius 3 is 2.94 bits per heavy atom. The lowest BCUT2D eigenvalue weighted by molar-refractivity contribution is 0.411. The van der Waals surface area contributed by atoms with Gasteiger partial charge in [0.15, 0.2) is 0 Å². The molecule has 1 aromatic rings. The second-order valence-electron chi connectivity index (χ2n) is 5.02. The van der Waals surface area contributed by atoms with Crippen molar-refractivity contribution in [3.63, 3.8) is 0 Å². The number of aromatic nitrogens is 3. The monoisotopic (exact) mass is 265 g/mol. The molecule has 1 aliphatic carbocycles. The van der Waals surface area contributed by atoms with E-state index in [2.05, 4.69) is 26.6 Å². The van der Waals surface area contributed by atoms with Gasteiger partial charge in [-0.05, 0) is 39.5 Å². The average molecular weight is 265 g/mol. The zero-order chi connectivity index (χ0) is 13.0. The van der Waals surface area contributed by atoms with Crippen LogP contribution in [-0.4, -0.2) is 32.5 Å². The van der Waals surface area contributed by atoms with Crippen molar-refractivity contribution in [3.05, 3.63) is 5.82 Å². The van der Waals surface area contributed by atoms with E-state index >= 15 is 0 Å². The van der Waals surface area contributed by atoms with Crippen LogP contribution in [0.2, 0.25) is 0 Å². The lowest BCUT2D eigenvalue weighted by atomic mass is 9.98. The van der Waals surface area contributed by atoms with Crippen molar-refractivity contribution in [1.29, 1.82) is 5.26 Å². The van der Waals surface area contributed by atoms with Crippen LogP contribution in [0.1, 0.15) is 38.4 Å². The minimum Gasteiger partial charge on any atom is -0.297 e. The first kappa shape index (κ1) is 13.4. The Bertz CT molecular complexity index is 434. The molecule has 18 heavy (non-hydrogen) atoms. The van der Waals surface area contributed by atoms with Gasteiger partial charge in [-0.25, -0.2) is 4.98 Å². The van der Waals surface area contributed by atoms with E-state index in [1.807, 2.05) is 13.8 Å². The summed E-state index contributed by atoms with van der Waals surface area (Å²) in [4.78, 5) is 4.24. The highest BCUT2D eigenvalue weighted by molar-refractivity contribution is 7.99. The zero-order valence-electron chi connectivity index (χ0n) is 10.9. The van der Waals surface area contributed by atoms with Crippen molar-refractivity contribution in [2.45, 2.75) is 56.3 Å². The normalized spacial score (nSPS) is 18.3. The smallest absolute Gasteiger partial charge is 0.208 e. The van der Waals surface area contributed by atoms with Crippen LogP contribution < -0.4 is 5.32 Å². The van der Waals surface area contributed by atoms with Gasteiger partial charge in [0.1, 0.15) is 11.4 Å². The van der Waals surface area contributed by atoms with Crippen molar-refractivity contribution >= 4 is 11.8 Å². The average Bonchev–Trinajstić information content (AvgIpc) is 3.06. The number of aryl methyl sites for hydroxylation is 1. The third-order valence-electron chi connectivity index (χ3n) is 2.98. The Balaban J connectivity index is 1.68. The number of hydrogen-bond donors (Lipinski definition) is 2. The minimum atomic E-state index is -0.378. The van der Waals surface area contributed by atoms with E-state index in [4.69, 9.17) is 0 Å². The van der Waals surface area contributed by atoms with Crippen LogP contribution in [0.15, 0.2) is 5.16 Å². The number of nitrogens with one attached hydrogen (secondary N) is 2. The number of rotatable bonds is 7. The van der Waals surface area contributed by atoms with Crippen LogP contribution >= 0.6 is 11.8 Å². The molecule has 2 rings (SSSR count). The Hall–Kier alpha value is -1.06. The number of nitriles is 1. The molecule has 5 nitrogen and oxygen atoms in total. The van der Waals surface area contributed by atoms with Crippen LogP contribution in [0.25, 0.3) is 0 Å². The molecule has 1 saturated carbocycles. The molecular weight excluding hydrogens is 246 g/mol. The summed E-state index contributed by atoms with van der Waals surface area (Å²) in [6.07, 6.45) is 4.28. The highest BCUT2D eigenvalue weighted by Gasteiger charge is 2.31. The maximum atomic E-state index is 9.23. The molecule has 6 heteroatoms. The third-order valence-corrected chi connectivity index (χ3v) is 3.91. The highest BCUT2D eigenvalue weighted by atomic mass is 32.2. The molecule has 0 bridgehead atoms. The second kappa shape index (κ2) is 5.72. The predicted octanol–water partition coefficient (Wildman–Crippen LogP) is 2.02. The Kier molecular flexibility index (Phi) is 4.25. The topological polar surface area (TPSA) is 77.4 Å². The van der Waals surface area contributed by atoms with E-state index in [0.717, 1.165) is 29.6 Å². The van der Waals surface area contributed by atoms with Crippen LogP contribution in [0.4, 0.5) is 0 Å². The minimum absolute atomic E-state index is 0.378. The van der Waals surface area contributed by atoms with Gasteiger partial charge in [-0.1, -0.05) is 11.8 Å². The van der Waals surface area contributed by atoms with Crippen molar-refractivity contribution in [2.75, 3.05) is 5.75 Å². The number of thioether (sulfide) groups is 1. The summed E-state index contributed by atoms with van der Waals surface area (Å²) in [5, 5.41) is 20.3. The van der Waals surface area contributed by atoms with Gasteiger partial charge in [-0.2, -0.15) is 5.26 Å². The molecule has 1 aromatic heterocycles. The standard InChI is InChI=1S/C12H19N5S/c1-9-14-11(17-16-9)18-7-3-6-12(2,8-13)15-10-4-5-10/h10,15H,3-7H2,1-2H3,(H,14,16,17). The molecule has 1 fully saturated rings. The summed E-state index contributed by atoms with van der Waals surface area (Å²) in [7, 11) is 0. The highest BCUT2D eigenvalue weighted by Crippen LogP contribution is 2.25. The fourth-order valence-corrected chi connectivity index (χ4v) is 2.60. The van der Waals surface area contributed by atoms with Gasteiger partial charge in [0.2, 0.25) is 5.16 Å². The van der Waals surface area contributed by atoms with Gasteiger partial charge in [-0.3, -0.25) is 10.4 Å². The first-order valence-corrected chi connectivity index (χ1v) is 7.31. The predicted molar refractivity (Wildman–Crippen MR) is 71.3 cm³/mol. The fourth-order valence-electron chi connectivity index (χ4n) is 1.81. The maximum Gasteiger partial charge on any atom is 0.208 e. The fraction of sp³-hybridized carbons (Fsp3) is 0.750. The summed E-state index contributed by atoms with van der Waals surface area (Å²) in [5.74, 6) is 1.79. The van der Waals surface area contributed by atoms with Crippen LogP contribution in [0, 0.1) is 18.3 Å². The van der Waals surface area contributed by atoms with Gasteiger partial charge in [-0.15, -0.1) is 5.10 Å². The summed E-state index contributed by atoms with van der Waals surface area (Å²) in [6, 6.07) is 2.96. The molecular formula is C12H19N5S. The summed E-state index contributed by atoms with van der Waals surface area (Å²) >= 11 is 1.64. The first-order chi connectivity index (χ1) is 8.61. The van der Waals surface area contributed by atoms with Crippen LogP contribution in [-0.2, 0) is 0 Å². The molecule has 2 N–H and O–H groups in total. The molecule has 0 amide bonds. The first-order valence-electron chi connectivity index (χ1n) is 6.32.